The molecule has 1 aliphatic heterocycles. The molecule has 0 unspecified atom stereocenters. The first-order chi connectivity index (χ1) is 10.4. The van der Waals surface area contributed by atoms with Gasteiger partial charge in [-0.15, -0.1) is 0 Å². The maximum atomic E-state index is 12.8. The quantitative estimate of drug-likeness (QED) is 0.487. The van der Waals surface area contributed by atoms with Crippen molar-refractivity contribution < 1.29 is 17.7 Å². The fourth-order valence-corrected chi connectivity index (χ4v) is 2.81. The van der Waals surface area contributed by atoms with Gasteiger partial charge in [-0.25, -0.2) is 14.3 Å². The summed E-state index contributed by atoms with van der Waals surface area (Å²) in [7, 11) is 0. The molecule has 0 atom stereocenters. The number of rotatable bonds is 0. The number of nitrogens with one attached hydrogen (secondary N) is 1. The summed E-state index contributed by atoms with van der Waals surface area (Å²) >= 11 is 0. The maximum absolute atomic E-state index is 12.8. The van der Waals surface area contributed by atoms with Gasteiger partial charge in [-0.1, -0.05) is 0 Å². The first-order valence-corrected chi connectivity index (χ1v) is 6.44. The second-order valence-corrected chi connectivity index (χ2v) is 5.05. The van der Waals surface area contributed by atoms with Gasteiger partial charge in [0.05, 0.1) is 5.56 Å². The highest BCUT2D eigenvalue weighted by molar-refractivity contribution is 5.80. The number of halogens is 3. The minimum absolute atomic E-state index is 0.0380. The van der Waals surface area contributed by atoms with Crippen molar-refractivity contribution in [2.24, 2.45) is 0 Å². The van der Waals surface area contributed by atoms with Gasteiger partial charge in [-0.2, -0.15) is 17.7 Å². The molecular weight excluding hydrogens is 301 g/mol. The van der Waals surface area contributed by atoms with Crippen molar-refractivity contribution in [3.05, 3.63) is 44.6 Å². The SMILES string of the molecule is O=c1[nH]c(=O)n2c3c1nc1cc(C(F)(F)F)ccc1[n+]3CC2. The molecule has 3 heterocycles. The normalized spacial score (nSPS) is 14.1. The number of hydrogen-bond donors (Lipinski definition) is 1. The third kappa shape index (κ3) is 1.62. The monoisotopic (exact) mass is 309 g/mol. The Morgan fingerprint density at radius 1 is 1.27 bits per heavy atom. The Morgan fingerprint density at radius 2 is 2.05 bits per heavy atom. The van der Waals surface area contributed by atoms with Gasteiger partial charge in [-0.05, 0) is 18.2 Å². The average molecular weight is 309 g/mol. The number of benzene rings is 1. The first-order valence-electron chi connectivity index (χ1n) is 6.44. The van der Waals surface area contributed by atoms with Gasteiger partial charge < -0.3 is 0 Å². The molecular formula is C13H8F3N4O2+. The predicted molar refractivity (Wildman–Crippen MR) is 69.3 cm³/mol. The third-order valence-corrected chi connectivity index (χ3v) is 3.78. The molecule has 0 amide bonds. The number of fused-ring (bicyclic) bond motifs is 2. The lowest BCUT2D eigenvalue weighted by Gasteiger charge is -2.07. The van der Waals surface area contributed by atoms with Crippen LogP contribution in [0.3, 0.4) is 0 Å². The highest BCUT2D eigenvalue weighted by Crippen LogP contribution is 2.30. The standard InChI is InChI=1S/C13H7F3N4O2/c14-13(15,16)6-1-2-8-7(5-6)17-9-10(21)18-12(22)20-4-3-19(8)11(9)20/h1-2,5H,3-4H2/p+1. The molecule has 2 aromatic heterocycles. The molecule has 4 rings (SSSR count). The maximum Gasteiger partial charge on any atom is 0.416 e. The Kier molecular flexibility index (Phi) is 2.32. The number of aromatic nitrogens is 4. The zero-order chi connectivity index (χ0) is 15.6. The van der Waals surface area contributed by atoms with Crippen molar-refractivity contribution in [2.45, 2.75) is 19.3 Å². The smallest absolute Gasteiger partial charge is 0.267 e. The van der Waals surface area contributed by atoms with Crippen LogP contribution in [0.15, 0.2) is 27.8 Å². The number of aryl methyl sites for hydroxylation is 2. The van der Waals surface area contributed by atoms with Gasteiger partial charge in [0.15, 0.2) is 5.52 Å². The number of H-pyrrole nitrogens is 1. The van der Waals surface area contributed by atoms with E-state index in [1.54, 1.807) is 4.57 Å². The highest BCUT2D eigenvalue weighted by Gasteiger charge is 2.33. The summed E-state index contributed by atoms with van der Waals surface area (Å²) in [5.41, 5.74) is -1.26. The van der Waals surface area contributed by atoms with E-state index in [1.807, 2.05) is 0 Å². The molecule has 0 spiro atoms. The molecule has 0 saturated carbocycles. The second-order valence-electron chi connectivity index (χ2n) is 5.05. The summed E-state index contributed by atoms with van der Waals surface area (Å²) in [6.07, 6.45) is -4.49. The Balaban J connectivity index is 2.19. The van der Waals surface area contributed by atoms with E-state index in [0.717, 1.165) is 12.1 Å². The van der Waals surface area contributed by atoms with Crippen molar-refractivity contribution in [2.75, 3.05) is 0 Å². The van der Waals surface area contributed by atoms with Gasteiger partial charge in [0, 0.05) is 0 Å². The lowest BCUT2D eigenvalue weighted by Crippen LogP contribution is -2.36. The number of hydrogen-bond acceptors (Lipinski definition) is 3. The van der Waals surface area contributed by atoms with Gasteiger partial charge in [-0.3, -0.25) is 9.78 Å². The van der Waals surface area contributed by atoms with E-state index in [2.05, 4.69) is 9.97 Å². The first kappa shape index (κ1) is 13.0. The zero-order valence-electron chi connectivity index (χ0n) is 10.9. The van der Waals surface area contributed by atoms with E-state index in [9.17, 15) is 22.8 Å². The van der Waals surface area contributed by atoms with E-state index in [1.165, 1.54) is 10.6 Å². The molecule has 1 N–H and O–H groups in total. The average Bonchev–Trinajstić information content (AvgIpc) is 2.89. The lowest BCUT2D eigenvalue weighted by molar-refractivity contribution is -0.637. The van der Waals surface area contributed by atoms with E-state index < -0.39 is 23.0 Å². The molecule has 1 aliphatic rings. The Hall–Kier alpha value is -2.71. The third-order valence-electron chi connectivity index (χ3n) is 3.78. The van der Waals surface area contributed by atoms with E-state index in [-0.39, 0.29) is 11.0 Å². The van der Waals surface area contributed by atoms with E-state index in [4.69, 9.17) is 0 Å². The van der Waals surface area contributed by atoms with Crippen LogP contribution in [0.5, 0.6) is 0 Å². The number of aromatic amines is 1. The molecule has 0 saturated heterocycles. The van der Waals surface area contributed by atoms with Crippen LogP contribution in [0.4, 0.5) is 13.2 Å². The molecule has 112 valence electrons. The summed E-state index contributed by atoms with van der Waals surface area (Å²) < 4.78 is 41.4. The topological polar surface area (TPSA) is 71.6 Å². The molecule has 0 bridgehead atoms. The van der Waals surface area contributed by atoms with Crippen molar-refractivity contribution in [1.29, 1.82) is 0 Å². The van der Waals surface area contributed by atoms with Crippen LogP contribution in [-0.4, -0.2) is 14.5 Å². The van der Waals surface area contributed by atoms with Crippen LogP contribution < -0.4 is 15.8 Å². The molecule has 0 radical (unpaired) electrons. The van der Waals surface area contributed by atoms with Crippen LogP contribution in [0, 0.1) is 0 Å². The lowest BCUT2D eigenvalue weighted by atomic mass is 10.2. The fourth-order valence-electron chi connectivity index (χ4n) is 2.81. The Morgan fingerprint density at radius 3 is 2.77 bits per heavy atom. The minimum Gasteiger partial charge on any atom is -0.267 e. The van der Waals surface area contributed by atoms with E-state index >= 15 is 0 Å². The fraction of sp³-hybridized carbons (Fsp3) is 0.231. The van der Waals surface area contributed by atoms with Crippen molar-refractivity contribution in [1.82, 2.24) is 14.5 Å². The predicted octanol–water partition coefficient (Wildman–Crippen LogP) is 0.558. The molecule has 3 aromatic rings. The van der Waals surface area contributed by atoms with Crippen LogP contribution in [0.25, 0.3) is 22.2 Å². The van der Waals surface area contributed by atoms with Gasteiger partial charge in [0.1, 0.15) is 18.6 Å². The second kappa shape index (κ2) is 3.93. The molecule has 0 fully saturated rings. The molecule has 1 aromatic carbocycles. The molecule has 9 heteroatoms. The number of nitrogens with zero attached hydrogens (tertiary/aromatic N) is 3. The molecule has 22 heavy (non-hydrogen) atoms. The van der Waals surface area contributed by atoms with Crippen molar-refractivity contribution in [3.63, 3.8) is 0 Å². The zero-order valence-corrected chi connectivity index (χ0v) is 10.9. The summed E-state index contributed by atoms with van der Waals surface area (Å²) in [6.45, 7) is 0.737. The van der Waals surface area contributed by atoms with Crippen LogP contribution in [-0.2, 0) is 19.3 Å². The molecule has 6 nitrogen and oxygen atoms in total. The van der Waals surface area contributed by atoms with E-state index in [0.29, 0.717) is 24.3 Å². The summed E-state index contributed by atoms with van der Waals surface area (Å²) in [5.74, 6) is 0. The summed E-state index contributed by atoms with van der Waals surface area (Å²) in [4.78, 5) is 29.8. The highest BCUT2D eigenvalue weighted by atomic mass is 19.4. The summed E-state index contributed by atoms with van der Waals surface area (Å²) in [6, 6.07) is 3.19. The van der Waals surface area contributed by atoms with Crippen LogP contribution in [0.2, 0.25) is 0 Å². The summed E-state index contributed by atoms with van der Waals surface area (Å²) in [5, 5.41) is 0. The Labute approximate surface area is 119 Å². The van der Waals surface area contributed by atoms with Crippen molar-refractivity contribution >= 4 is 22.2 Å². The Bertz CT molecular complexity index is 1070. The van der Waals surface area contributed by atoms with Crippen molar-refractivity contribution in [3.8, 4) is 0 Å². The van der Waals surface area contributed by atoms with Crippen LogP contribution in [0.1, 0.15) is 5.56 Å². The minimum atomic E-state index is -4.49. The molecule has 0 aliphatic carbocycles. The largest absolute Gasteiger partial charge is 0.416 e. The van der Waals surface area contributed by atoms with Gasteiger partial charge in [0.25, 0.3) is 5.56 Å². The van der Waals surface area contributed by atoms with Crippen LogP contribution >= 0.6 is 0 Å². The van der Waals surface area contributed by atoms with Gasteiger partial charge in [0.2, 0.25) is 5.52 Å². The van der Waals surface area contributed by atoms with Gasteiger partial charge >= 0.3 is 17.5 Å². The number of alkyl halides is 3.